The summed E-state index contributed by atoms with van der Waals surface area (Å²) in [5.41, 5.74) is 2.81. The second kappa shape index (κ2) is 8.71. The van der Waals surface area contributed by atoms with Crippen LogP contribution in [0.4, 0.5) is 0 Å². The molecule has 2 aliphatic rings. The van der Waals surface area contributed by atoms with Crippen LogP contribution >= 0.6 is 12.4 Å². The Hall–Kier alpha value is -4.23. The van der Waals surface area contributed by atoms with Gasteiger partial charge < -0.3 is 23.7 Å². The van der Waals surface area contributed by atoms with Crippen molar-refractivity contribution in [3.8, 4) is 28.7 Å². The van der Waals surface area contributed by atoms with Gasteiger partial charge in [0, 0.05) is 17.2 Å². The van der Waals surface area contributed by atoms with Gasteiger partial charge in [-0.05, 0) is 60.2 Å². The van der Waals surface area contributed by atoms with E-state index in [2.05, 4.69) is 29.0 Å². The second-order valence-electron chi connectivity index (χ2n) is 8.90. The fourth-order valence-corrected chi connectivity index (χ4v) is 5.38. The van der Waals surface area contributed by atoms with Gasteiger partial charge in [0.1, 0.15) is 5.75 Å². The van der Waals surface area contributed by atoms with Crippen molar-refractivity contribution in [1.82, 2.24) is 0 Å². The molecule has 7 nitrogen and oxygen atoms in total. The molecular formula is C29H23ClNO6+. The number of hydrogen-bond acceptors (Lipinski definition) is 6. The number of carbonyl (C=O) groups is 1. The molecule has 0 amide bonds. The van der Waals surface area contributed by atoms with Gasteiger partial charge >= 0.3 is 5.97 Å². The van der Waals surface area contributed by atoms with Crippen molar-refractivity contribution in [3.63, 3.8) is 0 Å². The summed E-state index contributed by atoms with van der Waals surface area (Å²) < 4.78 is 30.5. The molecule has 0 radical (unpaired) electrons. The van der Waals surface area contributed by atoms with E-state index >= 15 is 0 Å². The Morgan fingerprint density at radius 1 is 0.892 bits per heavy atom. The van der Waals surface area contributed by atoms with E-state index in [1.807, 2.05) is 12.1 Å². The predicted molar refractivity (Wildman–Crippen MR) is 141 cm³/mol. The van der Waals surface area contributed by atoms with Crippen molar-refractivity contribution in [2.45, 2.75) is 13.0 Å². The van der Waals surface area contributed by atoms with Crippen molar-refractivity contribution in [2.24, 2.45) is 0 Å². The summed E-state index contributed by atoms with van der Waals surface area (Å²) in [7, 11) is 3.16. The van der Waals surface area contributed by atoms with Gasteiger partial charge in [-0.2, -0.15) is 4.57 Å². The highest BCUT2D eigenvalue weighted by Gasteiger charge is 2.30. The number of methoxy groups -OCH3 is 2. The summed E-state index contributed by atoms with van der Waals surface area (Å²) in [4.78, 5) is 13.1. The Bertz CT molecular complexity index is 1730. The number of halogens is 1. The molecule has 37 heavy (non-hydrogen) atoms. The number of benzene rings is 4. The number of aromatic nitrogens is 1. The minimum atomic E-state index is -0.462. The summed E-state index contributed by atoms with van der Waals surface area (Å²) in [6.07, 6.45) is 2.92. The highest BCUT2D eigenvalue weighted by molar-refractivity contribution is 6.17. The summed E-state index contributed by atoms with van der Waals surface area (Å²) in [5.74, 6) is 2.72. The molecule has 7 rings (SSSR count). The summed E-state index contributed by atoms with van der Waals surface area (Å²) in [6.45, 7) is 1.04. The van der Waals surface area contributed by atoms with Gasteiger partial charge in [0.2, 0.25) is 12.3 Å². The number of pyridine rings is 1. The lowest BCUT2D eigenvalue weighted by molar-refractivity contribution is -0.670. The van der Waals surface area contributed by atoms with Crippen molar-refractivity contribution < 1.29 is 33.0 Å². The number of rotatable bonds is 4. The zero-order valence-electron chi connectivity index (χ0n) is 20.2. The Labute approximate surface area is 218 Å². The SMILES string of the molecule is COc1ccc(C(=O)Oc2c(OC)ccc3c2c[n+]2c4c3ccc3c5c(cc(c34)CC2)OCO5)cc1.Cl. The van der Waals surface area contributed by atoms with E-state index in [0.717, 1.165) is 51.5 Å². The van der Waals surface area contributed by atoms with Gasteiger partial charge in [-0.1, -0.05) is 0 Å². The number of ether oxygens (including phenoxy) is 5. The molecule has 4 aromatic carbocycles. The van der Waals surface area contributed by atoms with E-state index in [-0.39, 0.29) is 19.2 Å². The van der Waals surface area contributed by atoms with Crippen LogP contribution in [0.3, 0.4) is 0 Å². The van der Waals surface area contributed by atoms with Crippen molar-refractivity contribution in [3.05, 3.63) is 71.9 Å². The fourth-order valence-electron chi connectivity index (χ4n) is 5.38. The Morgan fingerprint density at radius 2 is 1.68 bits per heavy atom. The lowest BCUT2D eigenvalue weighted by Crippen LogP contribution is -2.38. The zero-order valence-corrected chi connectivity index (χ0v) is 21.0. The van der Waals surface area contributed by atoms with E-state index in [4.69, 9.17) is 23.7 Å². The van der Waals surface area contributed by atoms with Crippen LogP contribution in [0, 0.1) is 0 Å². The first-order valence-corrected chi connectivity index (χ1v) is 11.7. The molecule has 5 aromatic rings. The Balaban J connectivity index is 0.00000252. The van der Waals surface area contributed by atoms with Crippen LogP contribution in [0.1, 0.15) is 15.9 Å². The third-order valence-electron chi connectivity index (χ3n) is 7.08. The first-order chi connectivity index (χ1) is 17.7. The number of esters is 1. The topological polar surface area (TPSA) is 67.1 Å². The van der Waals surface area contributed by atoms with Gasteiger partial charge in [-0.15, -0.1) is 12.4 Å². The van der Waals surface area contributed by atoms with Crippen molar-refractivity contribution in [2.75, 3.05) is 21.0 Å². The molecule has 0 spiro atoms. The van der Waals surface area contributed by atoms with Crippen LogP contribution in [0.25, 0.3) is 32.4 Å². The van der Waals surface area contributed by atoms with E-state index < -0.39 is 5.97 Å². The molecule has 0 bridgehead atoms. The number of carbonyl (C=O) groups excluding carboxylic acids is 1. The molecule has 8 heteroatoms. The summed E-state index contributed by atoms with van der Waals surface area (Å²) >= 11 is 0. The maximum atomic E-state index is 13.1. The number of fused-ring (bicyclic) bond motifs is 4. The smallest absolute Gasteiger partial charge is 0.343 e. The summed E-state index contributed by atoms with van der Waals surface area (Å²) in [6, 6.07) is 17.0. The Morgan fingerprint density at radius 3 is 2.46 bits per heavy atom. The molecule has 0 saturated carbocycles. The molecule has 186 valence electrons. The molecule has 2 aliphatic heterocycles. The van der Waals surface area contributed by atoms with Gasteiger partial charge in [0.15, 0.2) is 35.7 Å². The third kappa shape index (κ3) is 3.42. The average molecular weight is 517 g/mol. The standard InChI is InChI=1S/C29H22NO6.ClH/c1-32-18-5-3-16(4-6-18)29(31)36-28-22-14-30-12-11-17-13-24-27(35-15-34-24)21-8-7-20(26(30)25(17)21)19(22)9-10-23(28)33-2;/h3-10,13-14H,11-12,15H2,1-2H3;1H/q+1;. The Kier molecular flexibility index (Phi) is 5.46. The van der Waals surface area contributed by atoms with Crippen LogP contribution in [0.15, 0.2) is 60.8 Å². The second-order valence-corrected chi connectivity index (χ2v) is 8.90. The number of hydrogen-bond donors (Lipinski definition) is 0. The third-order valence-corrected chi connectivity index (χ3v) is 7.08. The molecule has 1 aromatic heterocycles. The van der Waals surface area contributed by atoms with Gasteiger partial charge in [0.25, 0.3) is 0 Å². The van der Waals surface area contributed by atoms with Crippen molar-refractivity contribution >= 4 is 50.8 Å². The highest BCUT2D eigenvalue weighted by atomic mass is 35.5. The van der Waals surface area contributed by atoms with Crippen LogP contribution < -0.4 is 28.3 Å². The van der Waals surface area contributed by atoms with Crippen LogP contribution in [0.2, 0.25) is 0 Å². The molecule has 0 fully saturated rings. The monoisotopic (exact) mass is 516 g/mol. The van der Waals surface area contributed by atoms with E-state index in [1.165, 1.54) is 10.9 Å². The van der Waals surface area contributed by atoms with Gasteiger partial charge in [0.05, 0.1) is 35.9 Å². The quantitative estimate of drug-likeness (QED) is 0.138. The average Bonchev–Trinajstić information content (AvgIpc) is 3.40. The molecule has 0 unspecified atom stereocenters. The predicted octanol–water partition coefficient (Wildman–Crippen LogP) is 5.38. The van der Waals surface area contributed by atoms with Crippen molar-refractivity contribution in [1.29, 1.82) is 0 Å². The van der Waals surface area contributed by atoms with Crippen LogP contribution in [-0.4, -0.2) is 27.0 Å². The molecule has 0 aliphatic carbocycles. The lowest BCUT2D eigenvalue weighted by Gasteiger charge is -2.18. The van der Waals surface area contributed by atoms with Gasteiger partial charge in [-0.25, -0.2) is 4.79 Å². The first kappa shape index (κ1) is 23.2. The molecule has 0 saturated heterocycles. The first-order valence-electron chi connectivity index (χ1n) is 11.7. The number of nitrogens with zero attached hydrogens (tertiary/aromatic N) is 1. The molecule has 3 heterocycles. The minimum absolute atomic E-state index is 0. The van der Waals surface area contributed by atoms with Crippen LogP contribution in [-0.2, 0) is 13.0 Å². The van der Waals surface area contributed by atoms with Crippen LogP contribution in [0.5, 0.6) is 28.7 Å². The van der Waals surface area contributed by atoms with E-state index in [1.54, 1.807) is 38.5 Å². The van der Waals surface area contributed by atoms with E-state index in [0.29, 0.717) is 22.8 Å². The molecule has 0 N–H and O–H groups in total. The molecular weight excluding hydrogens is 494 g/mol. The highest BCUT2D eigenvalue weighted by Crippen LogP contribution is 2.46. The van der Waals surface area contributed by atoms with E-state index in [9.17, 15) is 4.79 Å². The zero-order chi connectivity index (χ0) is 24.4. The maximum absolute atomic E-state index is 13.1. The molecule has 0 atom stereocenters. The number of aryl methyl sites for hydroxylation is 2. The summed E-state index contributed by atoms with van der Waals surface area (Å²) in [5, 5.41) is 5.10. The largest absolute Gasteiger partial charge is 0.497 e. The normalized spacial score (nSPS) is 13.1. The maximum Gasteiger partial charge on any atom is 0.343 e. The minimum Gasteiger partial charge on any atom is -0.497 e. The fraction of sp³-hybridized carbons (Fsp3) is 0.172. The lowest BCUT2D eigenvalue weighted by atomic mass is 9.93. The van der Waals surface area contributed by atoms with Gasteiger partial charge in [-0.3, -0.25) is 0 Å².